The number of rotatable bonds is 2. The van der Waals surface area contributed by atoms with E-state index in [2.05, 4.69) is 16.3 Å². The fraction of sp³-hybridized carbons (Fsp3) is 0.100. The average Bonchev–Trinajstić information content (AvgIpc) is 3.32. The van der Waals surface area contributed by atoms with E-state index in [1.807, 2.05) is 12.1 Å². The zero-order chi connectivity index (χ0) is 19.3. The topological polar surface area (TPSA) is 106 Å². The summed E-state index contributed by atoms with van der Waals surface area (Å²) in [5.74, 6) is 0.428. The van der Waals surface area contributed by atoms with E-state index in [-0.39, 0.29) is 24.1 Å². The molecule has 0 saturated heterocycles. The molecule has 0 spiro atoms. The second kappa shape index (κ2) is 6.03. The van der Waals surface area contributed by atoms with E-state index < -0.39 is 11.7 Å². The maximum atomic E-state index is 13.9. The lowest BCUT2D eigenvalue weighted by Gasteiger charge is -2.24. The molecule has 3 N–H and O–H groups in total. The van der Waals surface area contributed by atoms with Crippen molar-refractivity contribution in [2.24, 2.45) is 5.73 Å². The van der Waals surface area contributed by atoms with Crippen LogP contribution in [0.2, 0.25) is 0 Å². The summed E-state index contributed by atoms with van der Waals surface area (Å²) in [5.41, 5.74) is 8.71. The van der Waals surface area contributed by atoms with E-state index in [9.17, 15) is 9.65 Å². The summed E-state index contributed by atoms with van der Waals surface area (Å²) in [7, 11) is 0. The predicted octanol–water partition coefficient (Wildman–Crippen LogP) is 3.16. The number of hydrogen-bond donors (Lipinski definition) is 2. The number of aromatic nitrogens is 2. The largest absolute Gasteiger partial charge is 0.454 e. The van der Waals surface area contributed by atoms with Crippen LogP contribution >= 0.6 is 0 Å². The van der Waals surface area contributed by atoms with Crippen molar-refractivity contribution in [3.8, 4) is 34.7 Å². The summed E-state index contributed by atoms with van der Waals surface area (Å²) in [6, 6.07) is 13.6. The molecule has 28 heavy (non-hydrogen) atoms. The van der Waals surface area contributed by atoms with Gasteiger partial charge in [-0.05, 0) is 35.9 Å². The van der Waals surface area contributed by atoms with Crippen LogP contribution in [0, 0.1) is 17.1 Å². The molecule has 0 saturated carbocycles. The molecular formula is C20H13FN4O3. The number of nitrogens with two attached hydrogens (primary N) is 1. The predicted molar refractivity (Wildman–Crippen MR) is 95.8 cm³/mol. The zero-order valence-electron chi connectivity index (χ0n) is 14.4. The van der Waals surface area contributed by atoms with Gasteiger partial charge in [0.1, 0.15) is 17.5 Å². The van der Waals surface area contributed by atoms with Gasteiger partial charge >= 0.3 is 0 Å². The van der Waals surface area contributed by atoms with E-state index in [1.165, 1.54) is 12.1 Å². The lowest BCUT2D eigenvalue weighted by Crippen LogP contribution is -2.21. The molecule has 5 rings (SSSR count). The molecule has 0 bridgehead atoms. The maximum absolute atomic E-state index is 13.9. The summed E-state index contributed by atoms with van der Waals surface area (Å²) in [5, 5.41) is 16.8. The van der Waals surface area contributed by atoms with Gasteiger partial charge in [0.15, 0.2) is 11.5 Å². The number of allylic oxidation sites excluding steroid dienone is 1. The first-order valence-corrected chi connectivity index (χ1v) is 8.47. The molecule has 138 valence electrons. The second-order valence-corrected chi connectivity index (χ2v) is 6.37. The normalized spacial score (nSPS) is 17.1. The highest BCUT2D eigenvalue weighted by atomic mass is 19.1. The Labute approximate surface area is 158 Å². The van der Waals surface area contributed by atoms with E-state index >= 15 is 0 Å². The highest BCUT2D eigenvalue weighted by Gasteiger charge is 2.36. The number of hydrogen-bond acceptors (Lipinski definition) is 6. The van der Waals surface area contributed by atoms with Gasteiger partial charge in [-0.15, -0.1) is 5.10 Å². The first-order valence-electron chi connectivity index (χ1n) is 8.47. The Hall–Kier alpha value is -3.99. The molecule has 8 heteroatoms. The number of H-pyrrole nitrogens is 1. The number of fused-ring (bicyclic) bond motifs is 2. The number of nitrogens with zero attached hydrogens (tertiary/aromatic N) is 2. The molecule has 7 nitrogen and oxygen atoms in total. The van der Waals surface area contributed by atoms with Gasteiger partial charge < -0.3 is 19.9 Å². The average molecular weight is 376 g/mol. The smallest absolute Gasteiger partial charge is 0.244 e. The van der Waals surface area contributed by atoms with Crippen LogP contribution in [-0.2, 0) is 0 Å². The summed E-state index contributed by atoms with van der Waals surface area (Å²) >= 11 is 0. The van der Waals surface area contributed by atoms with E-state index in [1.54, 1.807) is 18.2 Å². The number of benzene rings is 2. The summed E-state index contributed by atoms with van der Waals surface area (Å²) < 4.78 is 30.3. The van der Waals surface area contributed by atoms with E-state index in [0.29, 0.717) is 28.3 Å². The van der Waals surface area contributed by atoms with Crippen LogP contribution in [0.1, 0.15) is 17.0 Å². The lowest BCUT2D eigenvalue weighted by molar-refractivity contribution is 0.174. The minimum Gasteiger partial charge on any atom is -0.454 e. The minimum absolute atomic E-state index is 0.0482. The van der Waals surface area contributed by atoms with Crippen molar-refractivity contribution >= 4 is 0 Å². The Bertz CT molecular complexity index is 1180. The third-order valence-corrected chi connectivity index (χ3v) is 4.78. The first kappa shape index (κ1) is 16.2. The fourth-order valence-electron chi connectivity index (χ4n) is 3.54. The Kier molecular flexibility index (Phi) is 3.49. The molecule has 1 unspecified atom stereocenters. The van der Waals surface area contributed by atoms with Gasteiger partial charge in [0.25, 0.3) is 0 Å². The van der Waals surface area contributed by atoms with Gasteiger partial charge in [0.05, 0.1) is 17.2 Å². The first-order chi connectivity index (χ1) is 13.7. The molecule has 2 aliphatic heterocycles. The van der Waals surface area contributed by atoms with Gasteiger partial charge in [0, 0.05) is 5.56 Å². The summed E-state index contributed by atoms with van der Waals surface area (Å²) in [4.78, 5) is 0. The highest BCUT2D eigenvalue weighted by Crippen LogP contribution is 2.46. The van der Waals surface area contributed by atoms with Crippen LogP contribution in [0.5, 0.6) is 17.4 Å². The van der Waals surface area contributed by atoms with Crippen molar-refractivity contribution in [1.82, 2.24) is 10.2 Å². The third kappa shape index (κ3) is 2.37. The molecular weight excluding hydrogens is 363 g/mol. The minimum atomic E-state index is -0.622. The van der Waals surface area contributed by atoms with Gasteiger partial charge in [-0.25, -0.2) is 4.39 Å². The van der Waals surface area contributed by atoms with Crippen molar-refractivity contribution in [1.29, 1.82) is 5.26 Å². The number of halogens is 1. The Morgan fingerprint density at radius 2 is 2.04 bits per heavy atom. The molecule has 3 heterocycles. The van der Waals surface area contributed by atoms with Gasteiger partial charge in [-0.2, -0.15) is 5.26 Å². The van der Waals surface area contributed by atoms with Crippen LogP contribution in [0.4, 0.5) is 4.39 Å². The van der Waals surface area contributed by atoms with Gasteiger partial charge in [-0.1, -0.05) is 12.1 Å². The maximum Gasteiger partial charge on any atom is 0.244 e. The number of nitriles is 1. The summed E-state index contributed by atoms with van der Waals surface area (Å²) in [6.45, 7) is 0.159. The molecule has 0 aliphatic carbocycles. The standard InChI is InChI=1S/C20H13FN4O3/c21-12-3-1-2-10(6-12)16-13(8-22)19(23)28-20-17(16)18(24-25-20)11-4-5-14-15(7-11)27-9-26-14/h1-7,16H,9,23H2,(H,24,25). The molecule has 1 aromatic heterocycles. The van der Waals surface area contributed by atoms with Crippen LogP contribution in [0.25, 0.3) is 11.3 Å². The van der Waals surface area contributed by atoms with Crippen LogP contribution in [0.3, 0.4) is 0 Å². The number of aromatic amines is 1. The van der Waals surface area contributed by atoms with E-state index in [4.69, 9.17) is 19.9 Å². The van der Waals surface area contributed by atoms with Crippen molar-refractivity contribution < 1.29 is 18.6 Å². The molecule has 1 atom stereocenters. The second-order valence-electron chi connectivity index (χ2n) is 6.37. The lowest BCUT2D eigenvalue weighted by atomic mass is 9.83. The molecule has 0 fully saturated rings. The van der Waals surface area contributed by atoms with Crippen molar-refractivity contribution in [2.45, 2.75) is 5.92 Å². The van der Waals surface area contributed by atoms with E-state index in [0.717, 1.165) is 5.56 Å². The molecule has 0 radical (unpaired) electrons. The Morgan fingerprint density at radius 3 is 2.86 bits per heavy atom. The Morgan fingerprint density at radius 1 is 1.18 bits per heavy atom. The SMILES string of the molecule is N#CC1=C(N)Oc2n[nH]c(-c3ccc4c(c3)OCO4)c2C1c1cccc(F)c1. The van der Waals surface area contributed by atoms with Gasteiger partial charge in [-0.3, -0.25) is 5.10 Å². The number of ether oxygens (including phenoxy) is 3. The van der Waals surface area contributed by atoms with Crippen LogP contribution in [0.15, 0.2) is 53.9 Å². The van der Waals surface area contributed by atoms with Crippen molar-refractivity contribution in [2.75, 3.05) is 6.79 Å². The molecule has 2 aliphatic rings. The Balaban J connectivity index is 1.71. The summed E-state index contributed by atoms with van der Waals surface area (Å²) in [6.07, 6.45) is 0. The fourth-order valence-corrected chi connectivity index (χ4v) is 3.54. The molecule has 3 aromatic rings. The van der Waals surface area contributed by atoms with Gasteiger partial charge in [0.2, 0.25) is 18.6 Å². The monoisotopic (exact) mass is 376 g/mol. The third-order valence-electron chi connectivity index (χ3n) is 4.78. The van der Waals surface area contributed by atoms with Crippen molar-refractivity contribution in [3.63, 3.8) is 0 Å². The molecule has 0 amide bonds. The number of nitrogens with one attached hydrogen (secondary N) is 1. The quantitative estimate of drug-likeness (QED) is 0.712. The zero-order valence-corrected chi connectivity index (χ0v) is 14.4. The van der Waals surface area contributed by atoms with Crippen molar-refractivity contribution in [3.05, 3.63) is 70.9 Å². The van der Waals surface area contributed by atoms with Crippen LogP contribution < -0.4 is 19.9 Å². The highest BCUT2D eigenvalue weighted by molar-refractivity contribution is 5.73. The molecule has 2 aromatic carbocycles. The van der Waals surface area contributed by atoms with Crippen LogP contribution in [-0.4, -0.2) is 17.0 Å².